The SMILES string of the molecule is N=C(CCl)N1CCC(OC(N)=O)CC1. The summed E-state index contributed by atoms with van der Waals surface area (Å²) in [6, 6.07) is 0. The van der Waals surface area contributed by atoms with Gasteiger partial charge in [0.25, 0.3) is 0 Å². The van der Waals surface area contributed by atoms with E-state index < -0.39 is 6.09 Å². The molecule has 1 fully saturated rings. The lowest BCUT2D eigenvalue weighted by atomic mass is 10.1. The lowest BCUT2D eigenvalue weighted by molar-refractivity contribution is 0.0716. The van der Waals surface area contributed by atoms with E-state index in [1.165, 1.54) is 0 Å². The van der Waals surface area contributed by atoms with Crippen molar-refractivity contribution in [1.82, 2.24) is 4.90 Å². The highest BCUT2D eigenvalue weighted by Crippen LogP contribution is 2.13. The molecule has 1 saturated heterocycles. The van der Waals surface area contributed by atoms with E-state index in [9.17, 15) is 4.79 Å². The number of ether oxygens (including phenoxy) is 1. The fraction of sp³-hybridized carbons (Fsp3) is 0.750. The summed E-state index contributed by atoms with van der Waals surface area (Å²) in [7, 11) is 0. The maximum absolute atomic E-state index is 10.5. The highest BCUT2D eigenvalue weighted by atomic mass is 35.5. The summed E-state index contributed by atoms with van der Waals surface area (Å²) in [5.74, 6) is 0.644. The quantitative estimate of drug-likeness (QED) is 0.409. The molecule has 0 aliphatic carbocycles. The summed E-state index contributed by atoms with van der Waals surface area (Å²) in [5.41, 5.74) is 4.91. The van der Waals surface area contributed by atoms with Gasteiger partial charge in [-0.3, -0.25) is 5.41 Å². The Labute approximate surface area is 87.7 Å². The Bertz CT molecular complexity index is 227. The first-order valence-corrected chi connectivity index (χ1v) is 5.01. The van der Waals surface area contributed by atoms with Crippen molar-refractivity contribution in [2.24, 2.45) is 5.73 Å². The molecule has 0 bridgehead atoms. The molecule has 1 amide bonds. The molecule has 1 heterocycles. The van der Waals surface area contributed by atoms with Gasteiger partial charge in [0.2, 0.25) is 0 Å². The van der Waals surface area contributed by atoms with Gasteiger partial charge in [0.15, 0.2) is 0 Å². The topological polar surface area (TPSA) is 79.4 Å². The molecule has 5 nitrogen and oxygen atoms in total. The number of nitrogens with zero attached hydrogens (tertiary/aromatic N) is 1. The highest BCUT2D eigenvalue weighted by Gasteiger charge is 2.22. The summed E-state index contributed by atoms with van der Waals surface area (Å²) in [6.07, 6.45) is 0.590. The highest BCUT2D eigenvalue weighted by molar-refractivity contribution is 6.27. The number of piperidine rings is 1. The second-order valence-electron chi connectivity index (χ2n) is 3.20. The average molecular weight is 220 g/mol. The van der Waals surface area contributed by atoms with E-state index in [4.69, 9.17) is 27.5 Å². The molecule has 0 radical (unpaired) electrons. The van der Waals surface area contributed by atoms with Crippen LogP contribution >= 0.6 is 11.6 Å². The fourth-order valence-corrected chi connectivity index (χ4v) is 1.66. The molecule has 1 aliphatic rings. The van der Waals surface area contributed by atoms with Crippen molar-refractivity contribution in [3.05, 3.63) is 0 Å². The Morgan fingerprint density at radius 2 is 2.14 bits per heavy atom. The molecule has 0 aromatic rings. The predicted molar refractivity (Wildman–Crippen MR) is 53.7 cm³/mol. The molecule has 0 aromatic carbocycles. The summed E-state index contributed by atoms with van der Waals surface area (Å²) in [6.45, 7) is 1.40. The minimum Gasteiger partial charge on any atom is -0.446 e. The molecule has 1 rings (SSSR count). The molecule has 0 spiro atoms. The first-order valence-electron chi connectivity index (χ1n) is 4.48. The molecule has 1 aliphatic heterocycles. The van der Waals surface area contributed by atoms with Gasteiger partial charge in [-0.25, -0.2) is 4.79 Å². The first kappa shape index (κ1) is 11.1. The minimum atomic E-state index is -0.726. The number of amidine groups is 1. The lowest BCUT2D eigenvalue weighted by Crippen LogP contribution is -2.42. The number of halogens is 1. The third-order valence-electron chi connectivity index (χ3n) is 2.23. The van der Waals surface area contributed by atoms with Gasteiger partial charge in [0, 0.05) is 25.9 Å². The van der Waals surface area contributed by atoms with Crippen molar-refractivity contribution in [3.8, 4) is 0 Å². The normalized spacial score (nSPS) is 17.9. The molecule has 14 heavy (non-hydrogen) atoms. The van der Waals surface area contributed by atoms with Crippen LogP contribution in [-0.4, -0.2) is 41.9 Å². The minimum absolute atomic E-state index is 0.105. The number of alkyl halides is 1. The van der Waals surface area contributed by atoms with Crippen LogP contribution in [0.25, 0.3) is 0 Å². The third kappa shape index (κ3) is 3.06. The van der Waals surface area contributed by atoms with Gasteiger partial charge in [0.1, 0.15) is 11.9 Å². The average Bonchev–Trinajstić information content (AvgIpc) is 2.17. The van der Waals surface area contributed by atoms with Crippen LogP contribution in [0.2, 0.25) is 0 Å². The number of nitrogens with two attached hydrogens (primary N) is 1. The Morgan fingerprint density at radius 3 is 2.57 bits per heavy atom. The fourth-order valence-electron chi connectivity index (χ4n) is 1.49. The number of likely N-dealkylation sites (tertiary alicyclic amines) is 1. The molecule has 0 unspecified atom stereocenters. The number of primary amides is 1. The van der Waals surface area contributed by atoms with E-state index in [2.05, 4.69) is 0 Å². The predicted octanol–water partition coefficient (Wildman–Crippen LogP) is 0.762. The van der Waals surface area contributed by atoms with Crippen LogP contribution in [0.5, 0.6) is 0 Å². The molecule has 0 aromatic heterocycles. The smallest absolute Gasteiger partial charge is 0.404 e. The zero-order valence-electron chi connectivity index (χ0n) is 7.83. The van der Waals surface area contributed by atoms with E-state index in [1.807, 2.05) is 4.90 Å². The number of carbonyl (C=O) groups excluding carboxylic acids is 1. The molecule has 3 N–H and O–H groups in total. The van der Waals surface area contributed by atoms with Crippen molar-refractivity contribution in [3.63, 3.8) is 0 Å². The van der Waals surface area contributed by atoms with Crippen molar-refractivity contribution in [2.75, 3.05) is 19.0 Å². The van der Waals surface area contributed by atoms with E-state index in [0.29, 0.717) is 31.8 Å². The van der Waals surface area contributed by atoms with Gasteiger partial charge in [-0.2, -0.15) is 0 Å². The van der Waals surface area contributed by atoms with Crippen LogP contribution in [0, 0.1) is 5.41 Å². The molecule has 0 saturated carbocycles. The maximum Gasteiger partial charge on any atom is 0.404 e. The van der Waals surface area contributed by atoms with Crippen molar-refractivity contribution < 1.29 is 9.53 Å². The number of rotatable bonds is 2. The van der Waals surface area contributed by atoms with Crippen molar-refractivity contribution in [1.29, 1.82) is 5.41 Å². The van der Waals surface area contributed by atoms with Crippen molar-refractivity contribution in [2.45, 2.75) is 18.9 Å². The summed E-state index contributed by atoms with van der Waals surface area (Å²) >= 11 is 5.53. The molecule has 0 atom stereocenters. The zero-order valence-corrected chi connectivity index (χ0v) is 8.59. The third-order valence-corrected chi connectivity index (χ3v) is 2.49. The molecular formula is C8H14ClN3O2. The number of carbonyl (C=O) groups is 1. The largest absolute Gasteiger partial charge is 0.446 e. The van der Waals surface area contributed by atoms with Crippen LogP contribution in [0.4, 0.5) is 4.79 Å². The Kier molecular flexibility index (Phi) is 4.00. The van der Waals surface area contributed by atoms with E-state index in [-0.39, 0.29) is 12.0 Å². The second-order valence-corrected chi connectivity index (χ2v) is 3.47. The number of hydrogen-bond donors (Lipinski definition) is 2. The second kappa shape index (κ2) is 5.05. The summed E-state index contributed by atoms with van der Waals surface area (Å²) in [5, 5.41) is 7.50. The van der Waals surface area contributed by atoms with Crippen LogP contribution in [0.3, 0.4) is 0 Å². The Hall–Kier alpha value is -0.970. The van der Waals surface area contributed by atoms with Gasteiger partial charge in [-0.1, -0.05) is 0 Å². The standard InChI is InChI=1S/C8H14ClN3O2/c9-5-7(10)12-3-1-6(2-4-12)14-8(11)13/h6,10H,1-5H2,(H2,11,13). The van der Waals surface area contributed by atoms with Gasteiger partial charge in [-0.15, -0.1) is 11.6 Å². The monoisotopic (exact) mass is 219 g/mol. The van der Waals surface area contributed by atoms with E-state index in [1.54, 1.807) is 0 Å². The van der Waals surface area contributed by atoms with Crippen LogP contribution in [0.1, 0.15) is 12.8 Å². The van der Waals surface area contributed by atoms with Gasteiger partial charge in [-0.05, 0) is 0 Å². The lowest BCUT2D eigenvalue weighted by Gasteiger charge is -2.32. The summed E-state index contributed by atoms with van der Waals surface area (Å²) in [4.78, 5) is 12.3. The van der Waals surface area contributed by atoms with Gasteiger partial charge < -0.3 is 15.4 Å². The number of nitrogens with one attached hydrogen (secondary N) is 1. The van der Waals surface area contributed by atoms with Crippen LogP contribution < -0.4 is 5.73 Å². The molecule has 6 heteroatoms. The maximum atomic E-state index is 10.5. The molecular weight excluding hydrogens is 206 g/mol. The van der Waals surface area contributed by atoms with E-state index >= 15 is 0 Å². The number of amides is 1. The van der Waals surface area contributed by atoms with Gasteiger partial charge >= 0.3 is 6.09 Å². The van der Waals surface area contributed by atoms with E-state index in [0.717, 1.165) is 0 Å². The zero-order chi connectivity index (χ0) is 10.6. The van der Waals surface area contributed by atoms with Crippen LogP contribution in [0.15, 0.2) is 0 Å². The Morgan fingerprint density at radius 1 is 1.57 bits per heavy atom. The first-order chi connectivity index (χ1) is 6.63. The van der Waals surface area contributed by atoms with Crippen molar-refractivity contribution >= 4 is 23.5 Å². The summed E-state index contributed by atoms with van der Waals surface area (Å²) < 4.78 is 4.86. The number of hydrogen-bond acceptors (Lipinski definition) is 3. The van der Waals surface area contributed by atoms with Gasteiger partial charge in [0.05, 0.1) is 5.88 Å². The Balaban J connectivity index is 2.31. The van der Waals surface area contributed by atoms with Crippen LogP contribution in [-0.2, 0) is 4.74 Å². The molecule has 80 valence electrons.